The van der Waals surface area contributed by atoms with E-state index in [0.29, 0.717) is 6.42 Å². The molecule has 0 unspecified atom stereocenters. The lowest BCUT2D eigenvalue weighted by atomic mass is 10.0. The molecule has 3 aromatic rings. The number of alkyl halides is 3. The molecule has 6 heteroatoms. The zero-order chi connectivity index (χ0) is 18.6. The molecule has 0 aliphatic rings. The molecule has 0 fully saturated rings. The molecular formula is C20H16F3NO2. The monoisotopic (exact) mass is 359 g/mol. The largest absolute Gasteiger partial charge is 0.472 e. The Morgan fingerprint density at radius 1 is 0.962 bits per heavy atom. The maximum Gasteiger partial charge on any atom is 0.417 e. The molecule has 3 rings (SSSR count). The van der Waals surface area contributed by atoms with Crippen molar-refractivity contribution in [1.82, 2.24) is 5.32 Å². The summed E-state index contributed by atoms with van der Waals surface area (Å²) >= 11 is 0. The van der Waals surface area contributed by atoms with Crippen LogP contribution in [0, 0.1) is 0 Å². The van der Waals surface area contributed by atoms with Gasteiger partial charge >= 0.3 is 6.18 Å². The summed E-state index contributed by atoms with van der Waals surface area (Å²) in [5.41, 5.74) is 1.65. The van der Waals surface area contributed by atoms with Crippen molar-refractivity contribution >= 4 is 5.91 Å². The molecule has 0 atom stereocenters. The summed E-state index contributed by atoms with van der Waals surface area (Å²) in [6.45, 7) is 0.246. The van der Waals surface area contributed by atoms with Crippen LogP contribution in [-0.4, -0.2) is 12.5 Å². The molecule has 0 radical (unpaired) electrons. The lowest BCUT2D eigenvalue weighted by Crippen LogP contribution is -2.28. The first kappa shape index (κ1) is 17.8. The molecular weight excluding hydrogens is 343 g/mol. The minimum Gasteiger partial charge on any atom is -0.472 e. The van der Waals surface area contributed by atoms with Crippen molar-refractivity contribution in [2.24, 2.45) is 0 Å². The summed E-state index contributed by atoms with van der Waals surface area (Å²) in [5.74, 6) is -0.729. The lowest BCUT2D eigenvalue weighted by molar-refractivity contribution is -0.137. The Kier molecular flexibility index (Phi) is 5.11. The van der Waals surface area contributed by atoms with E-state index in [9.17, 15) is 18.0 Å². The maximum atomic E-state index is 13.0. The second-order valence-corrected chi connectivity index (χ2v) is 5.76. The highest BCUT2D eigenvalue weighted by atomic mass is 19.4. The van der Waals surface area contributed by atoms with E-state index in [1.807, 2.05) is 30.3 Å². The van der Waals surface area contributed by atoms with Gasteiger partial charge in [0, 0.05) is 12.1 Å². The molecule has 0 spiro atoms. The molecule has 2 aromatic carbocycles. The fourth-order valence-electron chi connectivity index (χ4n) is 2.64. The van der Waals surface area contributed by atoms with Crippen LogP contribution in [0.3, 0.4) is 0 Å². The van der Waals surface area contributed by atoms with Gasteiger partial charge in [0.1, 0.15) is 0 Å². The third-order valence-electron chi connectivity index (χ3n) is 3.98. The summed E-state index contributed by atoms with van der Waals surface area (Å²) < 4.78 is 43.9. The van der Waals surface area contributed by atoms with E-state index in [1.54, 1.807) is 12.5 Å². The third kappa shape index (κ3) is 4.14. The number of hydrogen-bond donors (Lipinski definition) is 1. The molecule has 3 nitrogen and oxygen atoms in total. The minimum atomic E-state index is -4.56. The Morgan fingerprint density at radius 3 is 2.35 bits per heavy atom. The Balaban J connectivity index is 1.59. The number of nitrogens with one attached hydrogen (secondary N) is 1. The number of amides is 1. The highest BCUT2D eigenvalue weighted by Crippen LogP contribution is 2.31. The number of benzene rings is 2. The minimum absolute atomic E-state index is 0.246. The smallest absolute Gasteiger partial charge is 0.417 e. The van der Waals surface area contributed by atoms with Crippen LogP contribution >= 0.6 is 0 Å². The summed E-state index contributed by atoms with van der Waals surface area (Å²) in [6.07, 6.45) is -0.798. The molecule has 26 heavy (non-hydrogen) atoms. The Labute approximate surface area is 148 Å². The Hall–Kier alpha value is -3.02. The van der Waals surface area contributed by atoms with Crippen LogP contribution in [0.5, 0.6) is 0 Å². The molecule has 1 aromatic heterocycles. The average Bonchev–Trinajstić information content (AvgIpc) is 3.16. The average molecular weight is 359 g/mol. The standard InChI is InChI=1S/C20H16F3NO2/c21-20(22,23)18-4-2-1-3-17(18)19(25)24-11-9-14-5-7-15(8-6-14)16-10-12-26-13-16/h1-8,10,12-13H,9,11H2,(H,24,25). The fraction of sp³-hybridized carbons (Fsp3) is 0.150. The highest BCUT2D eigenvalue weighted by Gasteiger charge is 2.34. The van der Waals surface area contributed by atoms with Crippen molar-refractivity contribution < 1.29 is 22.4 Å². The van der Waals surface area contributed by atoms with Gasteiger partial charge in [-0.15, -0.1) is 0 Å². The maximum absolute atomic E-state index is 13.0. The second-order valence-electron chi connectivity index (χ2n) is 5.76. The Bertz CT molecular complexity index is 869. The number of hydrogen-bond acceptors (Lipinski definition) is 2. The molecule has 0 aliphatic carbocycles. The first-order valence-corrected chi connectivity index (χ1v) is 8.01. The van der Waals surface area contributed by atoms with E-state index in [2.05, 4.69) is 5.32 Å². The number of furan rings is 1. The van der Waals surface area contributed by atoms with Gasteiger partial charge in [0.25, 0.3) is 5.91 Å². The van der Waals surface area contributed by atoms with Crippen LogP contribution in [0.1, 0.15) is 21.5 Å². The van der Waals surface area contributed by atoms with Crippen molar-refractivity contribution in [3.63, 3.8) is 0 Å². The quantitative estimate of drug-likeness (QED) is 0.701. The number of carbonyl (C=O) groups is 1. The van der Waals surface area contributed by atoms with E-state index in [4.69, 9.17) is 4.42 Å². The number of carbonyl (C=O) groups excluding carboxylic acids is 1. The molecule has 0 saturated carbocycles. The summed E-state index contributed by atoms with van der Waals surface area (Å²) in [6, 6.07) is 14.3. The SMILES string of the molecule is O=C(NCCc1ccc(-c2ccoc2)cc1)c1ccccc1C(F)(F)F. The van der Waals surface area contributed by atoms with Crippen LogP contribution in [0.4, 0.5) is 13.2 Å². The fourth-order valence-corrected chi connectivity index (χ4v) is 2.64. The predicted octanol–water partition coefficient (Wildman–Crippen LogP) is 4.94. The lowest BCUT2D eigenvalue weighted by Gasteiger charge is -2.12. The third-order valence-corrected chi connectivity index (χ3v) is 3.98. The van der Waals surface area contributed by atoms with Crippen molar-refractivity contribution in [3.05, 3.63) is 83.8 Å². The molecule has 0 bridgehead atoms. The van der Waals surface area contributed by atoms with Gasteiger partial charge in [0.05, 0.1) is 23.7 Å². The van der Waals surface area contributed by atoms with E-state index < -0.39 is 17.6 Å². The number of rotatable bonds is 5. The van der Waals surface area contributed by atoms with Gasteiger partial charge in [0.15, 0.2) is 0 Å². The van der Waals surface area contributed by atoms with Crippen LogP contribution < -0.4 is 5.32 Å². The molecule has 0 aliphatic heterocycles. The van der Waals surface area contributed by atoms with Gasteiger partial charge in [-0.25, -0.2) is 0 Å². The van der Waals surface area contributed by atoms with Crippen molar-refractivity contribution in [3.8, 4) is 11.1 Å². The van der Waals surface area contributed by atoms with Gasteiger partial charge in [-0.2, -0.15) is 13.2 Å². The summed E-state index contributed by atoms with van der Waals surface area (Å²) in [5, 5.41) is 2.55. The van der Waals surface area contributed by atoms with Crippen LogP contribution in [-0.2, 0) is 12.6 Å². The molecule has 1 heterocycles. The van der Waals surface area contributed by atoms with Gasteiger partial charge in [-0.1, -0.05) is 36.4 Å². The van der Waals surface area contributed by atoms with E-state index >= 15 is 0 Å². The normalized spacial score (nSPS) is 11.3. The molecule has 134 valence electrons. The van der Waals surface area contributed by atoms with E-state index in [-0.39, 0.29) is 12.1 Å². The summed E-state index contributed by atoms with van der Waals surface area (Å²) in [7, 11) is 0. The zero-order valence-corrected chi connectivity index (χ0v) is 13.7. The Morgan fingerprint density at radius 2 is 1.69 bits per heavy atom. The van der Waals surface area contributed by atoms with Gasteiger partial charge in [-0.3, -0.25) is 4.79 Å². The highest BCUT2D eigenvalue weighted by molar-refractivity contribution is 5.95. The van der Waals surface area contributed by atoms with Crippen molar-refractivity contribution in [2.45, 2.75) is 12.6 Å². The summed E-state index contributed by atoms with van der Waals surface area (Å²) in [4.78, 5) is 12.1. The molecule has 1 N–H and O–H groups in total. The van der Waals surface area contributed by atoms with E-state index in [0.717, 1.165) is 22.8 Å². The molecule has 0 saturated heterocycles. The topological polar surface area (TPSA) is 42.2 Å². The van der Waals surface area contributed by atoms with E-state index in [1.165, 1.54) is 18.2 Å². The second kappa shape index (κ2) is 7.47. The van der Waals surface area contributed by atoms with Gasteiger partial charge in [-0.05, 0) is 35.7 Å². The van der Waals surface area contributed by atoms with Crippen molar-refractivity contribution in [1.29, 1.82) is 0 Å². The van der Waals surface area contributed by atoms with Crippen LogP contribution in [0.2, 0.25) is 0 Å². The first-order valence-electron chi connectivity index (χ1n) is 8.01. The first-order chi connectivity index (χ1) is 12.4. The zero-order valence-electron chi connectivity index (χ0n) is 13.7. The number of halogens is 3. The van der Waals surface area contributed by atoms with Gasteiger partial charge < -0.3 is 9.73 Å². The molecule has 1 amide bonds. The van der Waals surface area contributed by atoms with Crippen molar-refractivity contribution in [2.75, 3.05) is 6.54 Å². The van der Waals surface area contributed by atoms with Crippen LogP contribution in [0.15, 0.2) is 71.5 Å². The van der Waals surface area contributed by atoms with Gasteiger partial charge in [0.2, 0.25) is 0 Å². The predicted molar refractivity (Wildman–Crippen MR) is 91.6 cm³/mol. The van der Waals surface area contributed by atoms with Crippen LogP contribution in [0.25, 0.3) is 11.1 Å².